The Balaban J connectivity index is 1.55. The first kappa shape index (κ1) is 15.6. The third-order valence-corrected chi connectivity index (χ3v) is 4.72. The Labute approximate surface area is 137 Å². The molecular weight excluding hydrogens is 316 g/mol. The van der Waals surface area contributed by atoms with Crippen LogP contribution < -0.4 is 5.32 Å². The number of hydrogen-bond acceptors (Lipinski definition) is 7. The van der Waals surface area contributed by atoms with Crippen LogP contribution >= 0.6 is 11.8 Å². The molecule has 9 heteroatoms. The highest BCUT2D eigenvalue weighted by atomic mass is 32.2. The molecule has 2 aromatic rings. The molecule has 1 saturated carbocycles. The molecule has 8 nitrogen and oxygen atoms in total. The summed E-state index contributed by atoms with van der Waals surface area (Å²) in [6.45, 7) is 0.409. The molecule has 2 aromatic heterocycles. The zero-order valence-electron chi connectivity index (χ0n) is 12.4. The van der Waals surface area contributed by atoms with Gasteiger partial charge in [0.15, 0.2) is 0 Å². The molecule has 23 heavy (non-hydrogen) atoms. The van der Waals surface area contributed by atoms with Gasteiger partial charge in [-0.3, -0.25) is 4.79 Å². The molecule has 120 valence electrons. The predicted octanol–water partition coefficient (Wildman–Crippen LogP) is 1.36. The third-order valence-electron chi connectivity index (χ3n) is 3.77. The second-order valence-electron chi connectivity index (χ2n) is 5.44. The predicted molar refractivity (Wildman–Crippen MR) is 81.3 cm³/mol. The van der Waals surface area contributed by atoms with Crippen molar-refractivity contribution in [2.75, 3.05) is 5.75 Å². The van der Waals surface area contributed by atoms with Crippen LogP contribution in [0.25, 0.3) is 0 Å². The molecule has 1 fully saturated rings. The van der Waals surface area contributed by atoms with Crippen LogP contribution in [0.1, 0.15) is 31.4 Å². The molecule has 0 radical (unpaired) electrons. The number of nitriles is 1. The van der Waals surface area contributed by atoms with Crippen molar-refractivity contribution in [3.05, 3.63) is 24.2 Å². The minimum atomic E-state index is -0.697. The summed E-state index contributed by atoms with van der Waals surface area (Å²) in [5.41, 5.74) is -0.697. The summed E-state index contributed by atoms with van der Waals surface area (Å²) in [5.74, 6) is 0.728. The Morgan fingerprint density at radius 1 is 1.52 bits per heavy atom. The largest absolute Gasteiger partial charge is 0.467 e. The van der Waals surface area contributed by atoms with E-state index in [9.17, 15) is 10.1 Å². The van der Waals surface area contributed by atoms with Crippen LogP contribution in [-0.2, 0) is 11.3 Å². The molecule has 0 unspecified atom stereocenters. The van der Waals surface area contributed by atoms with E-state index in [-0.39, 0.29) is 11.7 Å². The number of nitrogens with zero attached hydrogens (tertiary/aromatic N) is 5. The summed E-state index contributed by atoms with van der Waals surface area (Å²) in [6, 6.07) is 5.87. The fourth-order valence-corrected chi connectivity index (χ4v) is 3.30. The number of amides is 1. The molecule has 3 rings (SSSR count). The van der Waals surface area contributed by atoms with Crippen molar-refractivity contribution in [3.63, 3.8) is 0 Å². The normalized spacial score (nSPS) is 16.1. The monoisotopic (exact) mass is 332 g/mol. The quantitative estimate of drug-likeness (QED) is 0.795. The van der Waals surface area contributed by atoms with Crippen LogP contribution in [0.3, 0.4) is 0 Å². The molecule has 0 bridgehead atoms. The van der Waals surface area contributed by atoms with Gasteiger partial charge in [-0.1, -0.05) is 11.8 Å². The molecule has 0 aromatic carbocycles. The second-order valence-corrected chi connectivity index (χ2v) is 6.38. The maximum Gasteiger partial charge on any atom is 0.231 e. The summed E-state index contributed by atoms with van der Waals surface area (Å²) < 4.78 is 6.84. The lowest BCUT2D eigenvalue weighted by Gasteiger charge is -2.21. The molecule has 1 amide bonds. The van der Waals surface area contributed by atoms with Crippen molar-refractivity contribution in [1.29, 1.82) is 5.26 Å². The van der Waals surface area contributed by atoms with Gasteiger partial charge in [-0.05, 0) is 48.2 Å². The van der Waals surface area contributed by atoms with Crippen molar-refractivity contribution < 1.29 is 9.21 Å². The van der Waals surface area contributed by atoms with E-state index in [4.69, 9.17) is 4.42 Å². The summed E-state index contributed by atoms with van der Waals surface area (Å²) in [4.78, 5) is 12.1. The summed E-state index contributed by atoms with van der Waals surface area (Å²) in [7, 11) is 0. The lowest BCUT2D eigenvalue weighted by molar-refractivity contribution is -0.119. The number of tetrazole rings is 1. The van der Waals surface area contributed by atoms with Gasteiger partial charge >= 0.3 is 0 Å². The topological polar surface area (TPSA) is 110 Å². The van der Waals surface area contributed by atoms with E-state index in [1.54, 1.807) is 17.0 Å². The summed E-state index contributed by atoms with van der Waals surface area (Å²) in [5, 5.41) is 24.1. The number of hydrogen-bond donors (Lipinski definition) is 1. The van der Waals surface area contributed by atoms with Gasteiger partial charge in [0.1, 0.15) is 17.8 Å². The summed E-state index contributed by atoms with van der Waals surface area (Å²) in [6.07, 6.45) is 4.97. The lowest BCUT2D eigenvalue weighted by atomic mass is 10.0. The molecule has 1 N–H and O–H groups in total. The van der Waals surface area contributed by atoms with Gasteiger partial charge in [-0.2, -0.15) is 5.26 Å². The second kappa shape index (κ2) is 6.83. The smallest absolute Gasteiger partial charge is 0.231 e. The van der Waals surface area contributed by atoms with Crippen molar-refractivity contribution in [3.8, 4) is 6.07 Å². The van der Waals surface area contributed by atoms with E-state index in [1.165, 1.54) is 11.8 Å². The van der Waals surface area contributed by atoms with E-state index in [2.05, 4.69) is 26.9 Å². The molecule has 0 saturated heterocycles. The Hall–Kier alpha value is -2.34. The highest BCUT2D eigenvalue weighted by Crippen LogP contribution is 2.29. The van der Waals surface area contributed by atoms with Gasteiger partial charge in [-0.15, -0.1) is 5.10 Å². The molecule has 0 spiro atoms. The number of furan rings is 1. The van der Waals surface area contributed by atoms with Gasteiger partial charge in [0.05, 0.1) is 18.1 Å². The summed E-state index contributed by atoms with van der Waals surface area (Å²) >= 11 is 1.24. The maximum absolute atomic E-state index is 12.1. The Kier molecular flexibility index (Phi) is 4.62. The van der Waals surface area contributed by atoms with E-state index in [0.29, 0.717) is 11.7 Å². The van der Waals surface area contributed by atoms with Crippen molar-refractivity contribution in [2.24, 2.45) is 0 Å². The number of carbonyl (C=O) groups is 1. The van der Waals surface area contributed by atoms with Crippen LogP contribution in [0, 0.1) is 11.3 Å². The third kappa shape index (κ3) is 3.71. The van der Waals surface area contributed by atoms with Crippen molar-refractivity contribution in [2.45, 2.75) is 42.9 Å². The molecule has 0 atom stereocenters. The average molecular weight is 332 g/mol. The van der Waals surface area contributed by atoms with E-state index in [0.717, 1.165) is 31.4 Å². The van der Waals surface area contributed by atoms with Crippen molar-refractivity contribution in [1.82, 2.24) is 25.5 Å². The fourth-order valence-electron chi connectivity index (χ4n) is 2.63. The minimum absolute atomic E-state index is 0.169. The molecule has 2 heterocycles. The molecule has 0 aliphatic heterocycles. The number of carbonyl (C=O) groups excluding carboxylic acids is 1. The highest BCUT2D eigenvalue weighted by Gasteiger charge is 2.35. The lowest BCUT2D eigenvalue weighted by Crippen LogP contribution is -2.45. The van der Waals surface area contributed by atoms with Crippen LogP contribution in [0.15, 0.2) is 28.0 Å². The van der Waals surface area contributed by atoms with Gasteiger partial charge in [0, 0.05) is 0 Å². The van der Waals surface area contributed by atoms with E-state index in [1.807, 2.05) is 6.07 Å². The van der Waals surface area contributed by atoms with Crippen LogP contribution in [-0.4, -0.2) is 37.4 Å². The van der Waals surface area contributed by atoms with Gasteiger partial charge in [-0.25, -0.2) is 4.68 Å². The minimum Gasteiger partial charge on any atom is -0.467 e. The zero-order valence-corrected chi connectivity index (χ0v) is 13.3. The van der Waals surface area contributed by atoms with Gasteiger partial charge in [0.25, 0.3) is 0 Å². The Bertz CT molecular complexity index is 699. The van der Waals surface area contributed by atoms with Crippen LogP contribution in [0.4, 0.5) is 0 Å². The standard InChI is InChI=1S/C14H16N6O2S/c15-10-14(5-1-2-6-14)16-12(21)9-23-13-17-18-19-20(13)8-11-4-3-7-22-11/h3-4,7H,1-2,5-6,8-9H2,(H,16,21). The first-order valence-corrected chi connectivity index (χ1v) is 8.33. The van der Waals surface area contributed by atoms with Crippen LogP contribution in [0.2, 0.25) is 0 Å². The highest BCUT2D eigenvalue weighted by molar-refractivity contribution is 7.99. The molecular formula is C14H16N6O2S. The van der Waals surface area contributed by atoms with Gasteiger partial charge in [0.2, 0.25) is 11.1 Å². The Morgan fingerprint density at radius 3 is 3.04 bits per heavy atom. The maximum atomic E-state index is 12.1. The van der Waals surface area contributed by atoms with Gasteiger partial charge < -0.3 is 9.73 Å². The molecule has 1 aliphatic carbocycles. The average Bonchev–Trinajstić information content (AvgIpc) is 3.28. The van der Waals surface area contributed by atoms with Crippen LogP contribution in [0.5, 0.6) is 0 Å². The van der Waals surface area contributed by atoms with Crippen molar-refractivity contribution >= 4 is 17.7 Å². The number of nitrogens with one attached hydrogen (secondary N) is 1. The first-order valence-electron chi connectivity index (χ1n) is 7.34. The number of aromatic nitrogens is 4. The number of thioether (sulfide) groups is 1. The SMILES string of the molecule is N#CC1(NC(=O)CSc2nnnn2Cc2ccco2)CCCC1. The molecule has 1 aliphatic rings. The number of rotatable bonds is 6. The fraction of sp³-hybridized carbons (Fsp3) is 0.500. The van der Waals surface area contributed by atoms with E-state index >= 15 is 0 Å². The first-order chi connectivity index (χ1) is 11.2. The van der Waals surface area contributed by atoms with E-state index < -0.39 is 5.54 Å². The Morgan fingerprint density at radius 2 is 2.35 bits per heavy atom. The zero-order chi connectivity index (χ0) is 16.1.